The number of carbonyl (C=O) groups excluding carboxylic acids is 3. The summed E-state index contributed by atoms with van der Waals surface area (Å²) in [6.45, 7) is 31.4. The van der Waals surface area contributed by atoms with Gasteiger partial charge in [0, 0.05) is 17.5 Å². The number of fused-ring (bicyclic) bond motifs is 6. The lowest BCUT2D eigenvalue weighted by Gasteiger charge is -2.48. The van der Waals surface area contributed by atoms with Crippen LogP contribution in [0.4, 0.5) is 30.4 Å². The maximum absolute atomic E-state index is 18.2. The number of nitrogens with zero attached hydrogens (tertiary/aromatic N) is 7. The molecule has 0 aliphatic carbocycles. The zero-order valence-electron chi connectivity index (χ0n) is 42.7. The van der Waals surface area contributed by atoms with Crippen molar-refractivity contribution in [2.24, 2.45) is 0 Å². The highest BCUT2D eigenvalue weighted by Crippen LogP contribution is 2.48. The molecule has 0 spiro atoms. The first-order chi connectivity index (χ1) is 31.6. The molecule has 0 saturated carbocycles. The van der Waals surface area contributed by atoms with E-state index in [0.717, 1.165) is 11.3 Å². The van der Waals surface area contributed by atoms with Crippen molar-refractivity contribution >= 4 is 71.4 Å². The molecule has 1 aromatic carbocycles. The molecule has 366 valence electrons. The van der Waals surface area contributed by atoms with Gasteiger partial charge in [0.25, 0.3) is 0 Å². The summed E-state index contributed by atoms with van der Waals surface area (Å²) in [5, 5.41) is 1.57. The molecule has 6 heterocycles. The first-order valence-electron chi connectivity index (χ1n) is 23.7. The Morgan fingerprint density at radius 2 is 1.44 bits per heavy atom. The van der Waals surface area contributed by atoms with E-state index >= 15 is 4.39 Å². The van der Waals surface area contributed by atoms with E-state index in [9.17, 15) is 14.4 Å². The van der Waals surface area contributed by atoms with E-state index in [1.807, 2.05) is 51.0 Å². The number of anilines is 2. The minimum absolute atomic E-state index is 0.000295. The van der Waals surface area contributed by atoms with Crippen LogP contribution in [-0.2, 0) is 14.2 Å². The number of thioether (sulfide) groups is 1. The van der Waals surface area contributed by atoms with Gasteiger partial charge in [-0.05, 0) is 122 Å². The van der Waals surface area contributed by atoms with E-state index in [1.54, 1.807) is 53.7 Å². The van der Waals surface area contributed by atoms with Gasteiger partial charge in [0.2, 0.25) is 5.88 Å². The zero-order valence-corrected chi connectivity index (χ0v) is 44.6. The van der Waals surface area contributed by atoms with Crippen molar-refractivity contribution in [3.63, 3.8) is 0 Å². The molecule has 3 aliphatic heterocycles. The summed E-state index contributed by atoms with van der Waals surface area (Å²) < 4.78 is 42.5. The summed E-state index contributed by atoms with van der Waals surface area (Å²) in [5.74, 6) is 3.12. The Labute approximate surface area is 405 Å². The number of benzene rings is 1. The number of hydrogen-bond acceptors (Lipinski definition) is 13. The Bertz CT molecular complexity index is 2670. The number of pyridine rings is 2. The van der Waals surface area contributed by atoms with Crippen LogP contribution in [-0.4, -0.2) is 105 Å². The number of hydrogen-bond donors (Lipinski definition) is 0. The van der Waals surface area contributed by atoms with Crippen LogP contribution >= 0.6 is 11.8 Å². The molecule has 4 aromatic rings. The molecule has 0 unspecified atom stereocenters. The van der Waals surface area contributed by atoms with Crippen LogP contribution in [0.1, 0.15) is 129 Å². The van der Waals surface area contributed by atoms with Crippen molar-refractivity contribution < 1.29 is 37.7 Å². The van der Waals surface area contributed by atoms with Crippen molar-refractivity contribution in [2.45, 2.75) is 186 Å². The topological polar surface area (TPSA) is 149 Å². The molecule has 3 amide bonds. The summed E-state index contributed by atoms with van der Waals surface area (Å²) in [6.07, 6.45) is 0.243. The van der Waals surface area contributed by atoms with Crippen molar-refractivity contribution in [1.29, 1.82) is 0 Å². The fourth-order valence-electron chi connectivity index (χ4n) is 10.4. The number of rotatable bonds is 6. The fourth-order valence-corrected chi connectivity index (χ4v) is 16.0. The highest BCUT2D eigenvalue weighted by atomic mass is 32.2. The van der Waals surface area contributed by atoms with Crippen molar-refractivity contribution in [1.82, 2.24) is 24.8 Å². The number of amides is 3. The molecule has 0 N–H and O–H groups in total. The molecular weight excluding hydrogens is 902 g/mol. The number of aromatic nitrogens is 4. The second kappa shape index (κ2) is 18.3. The Balaban J connectivity index is 1.53. The van der Waals surface area contributed by atoms with Crippen LogP contribution in [0.25, 0.3) is 33.1 Å². The Morgan fingerprint density at radius 3 is 2.00 bits per heavy atom. The lowest BCUT2D eigenvalue weighted by molar-refractivity contribution is 0.000883. The summed E-state index contributed by atoms with van der Waals surface area (Å²) in [5.41, 5.74) is 2.38. The quantitative estimate of drug-likeness (QED) is 0.0593. The number of imide groups is 1. The molecule has 68 heavy (non-hydrogen) atoms. The largest absolute Gasteiger partial charge is 0.472 e. The smallest absolute Gasteiger partial charge is 0.425 e. The highest BCUT2D eigenvalue weighted by molar-refractivity contribution is 7.98. The van der Waals surface area contributed by atoms with E-state index in [4.69, 9.17) is 38.9 Å². The first kappa shape index (κ1) is 50.7. The summed E-state index contributed by atoms with van der Waals surface area (Å²) >= 11 is 1.27. The van der Waals surface area contributed by atoms with Crippen LogP contribution in [0.3, 0.4) is 0 Å². The molecule has 0 radical (unpaired) electrons. The predicted molar refractivity (Wildman–Crippen MR) is 269 cm³/mol. The van der Waals surface area contributed by atoms with Gasteiger partial charge in [-0.3, -0.25) is 4.90 Å². The maximum atomic E-state index is 18.2. The third-order valence-corrected chi connectivity index (χ3v) is 19.8. The van der Waals surface area contributed by atoms with Crippen LogP contribution in [0.2, 0.25) is 16.6 Å². The van der Waals surface area contributed by atoms with Crippen LogP contribution in [0.5, 0.6) is 5.88 Å². The predicted octanol–water partition coefficient (Wildman–Crippen LogP) is 12.1. The SMILES string of the molecule is CSc1nc2c3c(nc(-c4nc(N(C(=O)OC(C)(C)C)C(=O)OC(C)(C)C)cc5cccc(C#C[Si](C(C)C)(C(C)C)C(C)C)c45)c(F)c3n1)O[C@@H](C)[C@@H]1[C@@H]3CC[C@H](CN21)N3C(=O)OC(C)(C)C. The van der Waals surface area contributed by atoms with Crippen LogP contribution < -0.4 is 14.5 Å². The van der Waals surface area contributed by atoms with Crippen molar-refractivity contribution in [2.75, 3.05) is 22.6 Å². The molecule has 14 nitrogen and oxygen atoms in total. The van der Waals surface area contributed by atoms with Gasteiger partial charge in [-0.25, -0.2) is 38.7 Å². The van der Waals surface area contributed by atoms with Crippen LogP contribution in [0.15, 0.2) is 29.4 Å². The monoisotopic (exact) mass is 969 g/mol. The van der Waals surface area contributed by atoms with Gasteiger partial charge in [-0.1, -0.05) is 71.4 Å². The lowest BCUT2D eigenvalue weighted by Crippen LogP contribution is -2.65. The van der Waals surface area contributed by atoms with E-state index in [2.05, 4.69) is 57.9 Å². The van der Waals surface area contributed by atoms with Gasteiger partial charge in [0.1, 0.15) is 64.9 Å². The first-order valence-corrected chi connectivity index (χ1v) is 27.2. The highest BCUT2D eigenvalue weighted by Gasteiger charge is 2.54. The molecule has 7 rings (SSSR count). The molecule has 3 aliphatic rings. The Kier molecular flexibility index (Phi) is 13.6. The van der Waals surface area contributed by atoms with Gasteiger partial charge in [0.05, 0.1) is 18.1 Å². The number of ether oxygens (including phenoxy) is 4. The second-order valence-corrected chi connectivity index (χ2v) is 28.5. The molecule has 2 bridgehead atoms. The van der Waals surface area contributed by atoms with Gasteiger partial charge >= 0.3 is 18.3 Å². The van der Waals surface area contributed by atoms with E-state index in [-0.39, 0.29) is 52.2 Å². The molecule has 3 aromatic heterocycles. The van der Waals surface area contributed by atoms with E-state index in [1.165, 1.54) is 11.8 Å². The summed E-state index contributed by atoms with van der Waals surface area (Å²) in [4.78, 5) is 66.6. The average Bonchev–Trinajstić information content (AvgIpc) is 3.45. The van der Waals surface area contributed by atoms with Gasteiger partial charge in [0.15, 0.2) is 11.0 Å². The molecule has 17 heteroatoms. The van der Waals surface area contributed by atoms with Gasteiger partial charge in [-0.15, -0.1) is 5.54 Å². The Morgan fingerprint density at radius 1 is 0.838 bits per heavy atom. The summed E-state index contributed by atoms with van der Waals surface area (Å²) in [6, 6.07) is 6.22. The minimum Gasteiger partial charge on any atom is -0.472 e. The van der Waals surface area contributed by atoms with Crippen molar-refractivity contribution in [3.8, 4) is 28.7 Å². The number of carbonyl (C=O) groups is 3. The van der Waals surface area contributed by atoms with Crippen molar-refractivity contribution in [3.05, 3.63) is 35.6 Å². The second-order valence-electron chi connectivity index (χ2n) is 22.2. The average molecular weight is 970 g/mol. The fraction of sp³-hybridized carbons (Fsp3) is 0.588. The van der Waals surface area contributed by atoms with E-state index in [0.29, 0.717) is 56.9 Å². The lowest BCUT2D eigenvalue weighted by atomic mass is 9.98. The molecular formula is C51H68FN7O7SSi. The van der Waals surface area contributed by atoms with Gasteiger partial charge in [-0.2, -0.15) is 4.90 Å². The van der Waals surface area contributed by atoms with Crippen LogP contribution in [0, 0.1) is 17.3 Å². The number of piperazine rings is 1. The minimum atomic E-state index is -2.31. The summed E-state index contributed by atoms with van der Waals surface area (Å²) in [7, 11) is -2.31. The van der Waals surface area contributed by atoms with E-state index < -0.39 is 55.0 Å². The molecule has 4 atom stereocenters. The third-order valence-electron chi connectivity index (χ3n) is 13.0. The third kappa shape index (κ3) is 9.56. The molecule has 2 fully saturated rings. The number of halogens is 1. The standard InChI is InChI=1S/C51H68FN7O7SSi/c1-27(2)68(28(3)4,29(5)6)24-23-31-19-18-20-32-25-35(59(47(61)65-50(11,12)13)48(62)66-51(14,15)16)53-40(36(31)32)41-38(52)39-37-43(56-45(55-39)67-17)57-26-33-21-22-34(42(57)30(7)63-44(37)54-41)58(33)46(60)64-49(8,9)10/h18-20,25,27-30,33-34,42H,21-22,26H2,1-17H3/t30-,33+,34-,42+/m0/s1. The zero-order chi connectivity index (χ0) is 50.2. The Hall–Kier alpha value is -5.21. The normalized spacial score (nSPS) is 19.4. The maximum Gasteiger partial charge on any atom is 0.425 e. The molecule has 2 saturated heterocycles. The van der Waals surface area contributed by atoms with Gasteiger partial charge < -0.3 is 23.8 Å².